The summed E-state index contributed by atoms with van der Waals surface area (Å²) in [6.45, 7) is 3.97. The lowest BCUT2D eigenvalue weighted by atomic mass is 9.85. The number of aromatic hydroxyl groups is 2. The first kappa shape index (κ1) is 11.1. The molecule has 0 saturated heterocycles. The first-order chi connectivity index (χ1) is 7.58. The number of hydrogen-bond donors (Lipinski definition) is 2. The molecule has 0 heterocycles. The highest BCUT2D eigenvalue weighted by molar-refractivity contribution is 5.50. The third-order valence-electron chi connectivity index (χ3n) is 3.22. The summed E-state index contributed by atoms with van der Waals surface area (Å²) in [7, 11) is 0. The third kappa shape index (κ3) is 2.06. The molecule has 1 aromatic carbocycles. The van der Waals surface area contributed by atoms with Gasteiger partial charge in [-0.05, 0) is 50.8 Å². The number of phenols is 2. The van der Waals surface area contributed by atoms with Gasteiger partial charge in [-0.1, -0.05) is 11.6 Å². The van der Waals surface area contributed by atoms with Crippen molar-refractivity contribution in [1.82, 2.24) is 0 Å². The van der Waals surface area contributed by atoms with Crippen molar-refractivity contribution in [2.45, 2.75) is 39.0 Å². The molecule has 1 atom stereocenters. The molecule has 0 radical (unpaired) electrons. The minimum absolute atomic E-state index is 0.161. The zero-order valence-corrected chi connectivity index (χ0v) is 9.83. The fraction of sp³-hybridized carbons (Fsp3) is 0.429. The number of allylic oxidation sites excluding steroid dienone is 2. The summed E-state index contributed by atoms with van der Waals surface area (Å²) < 4.78 is 0. The zero-order valence-electron chi connectivity index (χ0n) is 9.83. The van der Waals surface area contributed by atoms with E-state index in [4.69, 9.17) is 0 Å². The molecule has 0 saturated carbocycles. The Labute approximate surface area is 96.2 Å². The summed E-state index contributed by atoms with van der Waals surface area (Å²) in [6.07, 6.45) is 5.42. The highest BCUT2D eigenvalue weighted by Crippen LogP contribution is 2.41. The Morgan fingerprint density at radius 1 is 1.12 bits per heavy atom. The van der Waals surface area contributed by atoms with Gasteiger partial charge >= 0.3 is 0 Å². The molecule has 0 fully saturated rings. The summed E-state index contributed by atoms with van der Waals surface area (Å²) in [5.41, 5.74) is 2.91. The molecule has 0 spiro atoms. The second-order valence-corrected chi connectivity index (χ2v) is 4.73. The molecule has 2 heteroatoms. The van der Waals surface area contributed by atoms with E-state index in [2.05, 4.69) is 13.0 Å². The van der Waals surface area contributed by atoms with Crippen molar-refractivity contribution in [1.29, 1.82) is 0 Å². The normalized spacial score (nSPS) is 20.6. The number of phenolic OH excluding ortho intramolecular Hbond substituents is 2. The predicted molar refractivity (Wildman–Crippen MR) is 64.9 cm³/mol. The smallest absolute Gasteiger partial charge is 0.123 e. The van der Waals surface area contributed by atoms with E-state index < -0.39 is 0 Å². The largest absolute Gasteiger partial charge is 0.507 e. The van der Waals surface area contributed by atoms with Gasteiger partial charge in [0.15, 0.2) is 0 Å². The molecule has 86 valence electrons. The van der Waals surface area contributed by atoms with Crippen LogP contribution < -0.4 is 0 Å². The molecule has 0 aliphatic heterocycles. The van der Waals surface area contributed by atoms with Crippen molar-refractivity contribution in [3.63, 3.8) is 0 Å². The minimum atomic E-state index is 0.161. The molecular formula is C14H18O2. The monoisotopic (exact) mass is 218 g/mol. The van der Waals surface area contributed by atoms with Gasteiger partial charge < -0.3 is 10.2 Å². The topological polar surface area (TPSA) is 40.5 Å². The summed E-state index contributed by atoms with van der Waals surface area (Å²) in [5.74, 6) is 0.594. The Morgan fingerprint density at radius 3 is 2.31 bits per heavy atom. The molecule has 2 N–H and O–H groups in total. The predicted octanol–water partition coefficient (Wildman–Crippen LogP) is 3.62. The second kappa shape index (κ2) is 4.20. The van der Waals surface area contributed by atoms with Crippen molar-refractivity contribution >= 4 is 0 Å². The number of hydrogen-bond acceptors (Lipinski definition) is 2. The van der Waals surface area contributed by atoms with Crippen LogP contribution in [0, 0.1) is 6.92 Å². The van der Waals surface area contributed by atoms with Crippen LogP contribution in [0.25, 0.3) is 0 Å². The van der Waals surface area contributed by atoms with E-state index >= 15 is 0 Å². The summed E-state index contributed by atoms with van der Waals surface area (Å²) in [5, 5.41) is 19.8. The lowest BCUT2D eigenvalue weighted by molar-refractivity contribution is 0.428. The highest BCUT2D eigenvalue weighted by Gasteiger charge is 2.20. The number of benzene rings is 1. The minimum Gasteiger partial charge on any atom is -0.507 e. The molecule has 16 heavy (non-hydrogen) atoms. The van der Waals surface area contributed by atoms with Gasteiger partial charge in [0.1, 0.15) is 11.5 Å². The molecule has 0 unspecified atom stereocenters. The van der Waals surface area contributed by atoms with Gasteiger partial charge in [0.2, 0.25) is 0 Å². The summed E-state index contributed by atoms with van der Waals surface area (Å²) in [4.78, 5) is 0. The Bertz CT molecular complexity index is 409. The fourth-order valence-corrected chi connectivity index (χ4v) is 2.48. The molecule has 1 aliphatic carbocycles. The Hall–Kier alpha value is -1.44. The first-order valence-electron chi connectivity index (χ1n) is 5.77. The lowest BCUT2D eigenvalue weighted by Gasteiger charge is -2.21. The molecule has 2 rings (SSSR count). The third-order valence-corrected chi connectivity index (χ3v) is 3.22. The van der Waals surface area contributed by atoms with Gasteiger partial charge in [-0.3, -0.25) is 0 Å². The van der Waals surface area contributed by atoms with E-state index in [-0.39, 0.29) is 17.4 Å². The van der Waals surface area contributed by atoms with Crippen molar-refractivity contribution in [3.8, 4) is 11.5 Å². The van der Waals surface area contributed by atoms with Crippen molar-refractivity contribution in [2.75, 3.05) is 0 Å². The zero-order chi connectivity index (χ0) is 11.7. The van der Waals surface area contributed by atoms with Crippen molar-refractivity contribution in [3.05, 3.63) is 34.9 Å². The van der Waals surface area contributed by atoms with Crippen LogP contribution in [-0.2, 0) is 0 Å². The van der Waals surface area contributed by atoms with Gasteiger partial charge in [-0.25, -0.2) is 0 Å². The van der Waals surface area contributed by atoms with E-state index in [9.17, 15) is 10.2 Å². The molecule has 1 aromatic rings. The van der Waals surface area contributed by atoms with E-state index in [0.717, 1.165) is 24.8 Å². The summed E-state index contributed by atoms with van der Waals surface area (Å²) >= 11 is 0. The first-order valence-corrected chi connectivity index (χ1v) is 5.77. The lowest BCUT2D eigenvalue weighted by Crippen LogP contribution is -2.03. The van der Waals surface area contributed by atoms with Crippen LogP contribution >= 0.6 is 0 Å². The van der Waals surface area contributed by atoms with Crippen LogP contribution in [0.2, 0.25) is 0 Å². The molecule has 0 aromatic heterocycles. The van der Waals surface area contributed by atoms with Crippen LogP contribution in [0.1, 0.15) is 43.2 Å². The van der Waals surface area contributed by atoms with Crippen LogP contribution in [0.4, 0.5) is 0 Å². The molecular weight excluding hydrogens is 200 g/mol. The van der Waals surface area contributed by atoms with Gasteiger partial charge in [-0.2, -0.15) is 0 Å². The maximum absolute atomic E-state index is 9.92. The van der Waals surface area contributed by atoms with E-state index in [1.54, 1.807) is 12.1 Å². The molecule has 0 bridgehead atoms. The SMILES string of the molecule is CC1=C[C@@H](c2c(O)cc(C)cc2O)CCC1. The molecule has 1 aliphatic rings. The number of aryl methyl sites for hydroxylation is 1. The Kier molecular flexibility index (Phi) is 2.90. The summed E-state index contributed by atoms with van der Waals surface area (Å²) in [6, 6.07) is 3.43. The van der Waals surface area contributed by atoms with Crippen LogP contribution in [0.3, 0.4) is 0 Å². The van der Waals surface area contributed by atoms with Gasteiger partial charge in [-0.15, -0.1) is 0 Å². The van der Waals surface area contributed by atoms with Crippen LogP contribution in [-0.4, -0.2) is 10.2 Å². The van der Waals surface area contributed by atoms with Gasteiger partial charge in [0.05, 0.1) is 0 Å². The van der Waals surface area contributed by atoms with Crippen LogP contribution in [0.5, 0.6) is 11.5 Å². The molecule has 0 amide bonds. The van der Waals surface area contributed by atoms with Gasteiger partial charge in [0.25, 0.3) is 0 Å². The van der Waals surface area contributed by atoms with E-state index in [1.807, 2.05) is 6.92 Å². The second-order valence-electron chi connectivity index (χ2n) is 4.73. The van der Waals surface area contributed by atoms with Crippen molar-refractivity contribution < 1.29 is 10.2 Å². The standard InChI is InChI=1S/C14H18O2/c1-9-4-3-5-11(6-9)14-12(15)7-10(2)8-13(14)16/h6-8,11,15-16H,3-5H2,1-2H3/t11-/m0/s1. The van der Waals surface area contributed by atoms with Crippen molar-refractivity contribution in [2.24, 2.45) is 0 Å². The molecule has 2 nitrogen and oxygen atoms in total. The average Bonchev–Trinajstić information content (AvgIpc) is 2.15. The Morgan fingerprint density at radius 2 is 1.75 bits per heavy atom. The van der Waals surface area contributed by atoms with Crippen LogP contribution in [0.15, 0.2) is 23.8 Å². The van der Waals surface area contributed by atoms with E-state index in [0.29, 0.717) is 5.56 Å². The quantitative estimate of drug-likeness (QED) is 0.707. The highest BCUT2D eigenvalue weighted by atomic mass is 16.3. The fourth-order valence-electron chi connectivity index (χ4n) is 2.48. The maximum atomic E-state index is 9.92. The van der Waals surface area contributed by atoms with Gasteiger partial charge in [0, 0.05) is 11.5 Å². The average molecular weight is 218 g/mol. The Balaban J connectivity index is 2.44. The number of rotatable bonds is 1. The van der Waals surface area contributed by atoms with E-state index in [1.165, 1.54) is 5.57 Å². The maximum Gasteiger partial charge on any atom is 0.123 e.